The number of hydrogen-bond donors (Lipinski definition) is 2. The number of aromatic nitrogens is 2. The minimum absolute atomic E-state index is 0.0603. The highest BCUT2D eigenvalue weighted by Gasteiger charge is 2.62. The van der Waals surface area contributed by atoms with Gasteiger partial charge in [-0.25, -0.2) is 9.37 Å². The quantitative estimate of drug-likeness (QED) is 0.661. The highest BCUT2D eigenvalue weighted by Crippen LogP contribution is 2.47. The maximum Gasteiger partial charge on any atom is 0.272 e. The molecule has 9 heteroatoms. The fourth-order valence-corrected chi connectivity index (χ4v) is 4.43. The van der Waals surface area contributed by atoms with Crippen molar-refractivity contribution in [2.24, 2.45) is 5.92 Å². The largest absolute Gasteiger partial charge is 0.340 e. The Morgan fingerprint density at radius 3 is 2.70 bits per heavy atom. The van der Waals surface area contributed by atoms with Gasteiger partial charge in [0, 0.05) is 30.3 Å². The second-order valence-electron chi connectivity index (χ2n) is 9.18. The molecule has 2 aromatic rings. The van der Waals surface area contributed by atoms with Gasteiger partial charge in [-0.2, -0.15) is 0 Å². The van der Waals surface area contributed by atoms with Gasteiger partial charge >= 0.3 is 0 Å². The Labute approximate surface area is 190 Å². The monoisotopic (exact) mass is 452 g/mol. The summed E-state index contributed by atoms with van der Waals surface area (Å²) in [5.74, 6) is 0.190. The predicted octanol–water partition coefficient (Wildman–Crippen LogP) is 1.01. The fraction of sp³-hybridized carbons (Fsp3) is 0.417. The predicted molar refractivity (Wildman–Crippen MR) is 118 cm³/mol. The number of nitrogens with zero attached hydrogens (tertiary/aromatic N) is 3. The summed E-state index contributed by atoms with van der Waals surface area (Å²) in [4.78, 5) is 36.6. The molecule has 3 fully saturated rings. The molecule has 2 aliphatic heterocycles. The Kier molecular flexibility index (Phi) is 5.16. The number of nitrogens with two attached hydrogens (primary N) is 1. The summed E-state index contributed by atoms with van der Waals surface area (Å²) in [5.41, 5.74) is 1.77. The molecule has 2 saturated heterocycles. The highest BCUT2D eigenvalue weighted by atomic mass is 19.1. The fourth-order valence-electron chi connectivity index (χ4n) is 4.43. The number of amides is 2. The van der Waals surface area contributed by atoms with Crippen molar-refractivity contribution in [2.75, 3.05) is 19.6 Å². The van der Waals surface area contributed by atoms with Crippen LogP contribution in [0.2, 0.25) is 0 Å². The number of fused-ring (bicyclic) bond motifs is 1. The zero-order valence-electron chi connectivity index (χ0n) is 18.7. The van der Waals surface area contributed by atoms with Gasteiger partial charge in [-0.3, -0.25) is 15.0 Å². The molecule has 172 valence electrons. The van der Waals surface area contributed by atoms with Crippen LogP contribution in [0.15, 0.2) is 36.5 Å². The number of halogens is 1. The van der Waals surface area contributed by atoms with Crippen LogP contribution < -0.4 is 5.41 Å². The third-order valence-electron chi connectivity index (χ3n) is 6.53. The smallest absolute Gasteiger partial charge is 0.272 e. The van der Waals surface area contributed by atoms with Gasteiger partial charge in [0.05, 0.1) is 12.7 Å². The Morgan fingerprint density at radius 2 is 2.03 bits per heavy atom. The van der Waals surface area contributed by atoms with E-state index in [4.69, 9.17) is 10.1 Å². The summed E-state index contributed by atoms with van der Waals surface area (Å²) in [6.45, 7) is 5.29. The Hall–Kier alpha value is -3.33. The van der Waals surface area contributed by atoms with Crippen LogP contribution in [0, 0.1) is 11.7 Å². The molecule has 3 heterocycles. The van der Waals surface area contributed by atoms with Crippen LogP contribution in [0.4, 0.5) is 4.39 Å². The van der Waals surface area contributed by atoms with Crippen molar-refractivity contribution in [3.63, 3.8) is 0 Å². The van der Waals surface area contributed by atoms with Gasteiger partial charge in [-0.05, 0) is 43.0 Å². The Bertz CT molecular complexity index is 1150. The van der Waals surface area contributed by atoms with Crippen LogP contribution >= 0.6 is 0 Å². The Balaban J connectivity index is 1.32. The number of H-pyrrole nitrogens is 1. The first kappa shape index (κ1) is 21.5. The van der Waals surface area contributed by atoms with E-state index in [0.717, 1.165) is 18.4 Å². The van der Waals surface area contributed by atoms with Crippen LogP contribution in [-0.4, -0.2) is 68.8 Å². The summed E-state index contributed by atoms with van der Waals surface area (Å²) in [5, 5.41) is 6.25. The molecule has 1 aliphatic carbocycles. The highest BCUT2D eigenvalue weighted by molar-refractivity contribution is 6.08. The maximum absolute atomic E-state index is 13.2. The van der Waals surface area contributed by atoms with Crippen molar-refractivity contribution in [1.29, 1.82) is 0 Å². The summed E-state index contributed by atoms with van der Waals surface area (Å²) in [7, 11) is 0. The zero-order chi connectivity index (χ0) is 23.3. The van der Waals surface area contributed by atoms with E-state index in [1.807, 2.05) is 13.8 Å². The van der Waals surface area contributed by atoms with Gasteiger partial charge in [0.1, 0.15) is 22.9 Å². The maximum atomic E-state index is 13.2. The average Bonchev–Trinajstić information content (AvgIpc) is 3.31. The van der Waals surface area contributed by atoms with Crippen molar-refractivity contribution in [2.45, 2.75) is 38.5 Å². The molecule has 0 unspecified atom stereocenters. The minimum Gasteiger partial charge on any atom is -0.340 e. The molecule has 2 amide bonds. The van der Waals surface area contributed by atoms with Crippen LogP contribution in [0.5, 0.6) is 0 Å². The van der Waals surface area contributed by atoms with E-state index in [1.54, 1.807) is 28.0 Å². The number of piperazine rings is 1. The summed E-state index contributed by atoms with van der Waals surface area (Å²) < 4.78 is 19.2. The van der Waals surface area contributed by atoms with Gasteiger partial charge < -0.3 is 19.5 Å². The summed E-state index contributed by atoms with van der Waals surface area (Å²) >= 11 is 0. The molecular weight excluding hydrogens is 425 g/mol. The first-order valence-corrected chi connectivity index (χ1v) is 11.2. The summed E-state index contributed by atoms with van der Waals surface area (Å²) in [6, 6.07) is 5.97. The molecule has 5 rings (SSSR count). The standard InChI is InChI=1S/C24H26FN5O3/c1-14(2)17(11-18(26)15-3-5-16(25)6-4-15)21-27-12-19(28-21)22(31)29-9-10-30-20(13-29)33-24(7-8-24)23(30)32/h3-6,11-12,14,20,26H,7-10,13H2,1-2H3,(H,27,28)/p+1/b17-11-,26-18?/t20-/m0/s1. The number of imidazole rings is 1. The van der Waals surface area contributed by atoms with E-state index in [2.05, 4.69) is 9.97 Å². The van der Waals surface area contributed by atoms with Crippen LogP contribution in [0.25, 0.3) is 5.57 Å². The van der Waals surface area contributed by atoms with Crippen molar-refractivity contribution < 1.29 is 24.1 Å². The average molecular weight is 453 g/mol. The van der Waals surface area contributed by atoms with E-state index in [9.17, 15) is 14.0 Å². The number of hydrogen-bond acceptors (Lipinski definition) is 4. The molecule has 3 N–H and O–H groups in total. The van der Waals surface area contributed by atoms with Gasteiger partial charge in [0.15, 0.2) is 6.23 Å². The van der Waals surface area contributed by atoms with Crippen LogP contribution in [-0.2, 0) is 9.53 Å². The van der Waals surface area contributed by atoms with Gasteiger partial charge in [0.2, 0.25) is 5.71 Å². The number of nitrogens with one attached hydrogen (secondary N) is 1. The molecule has 0 radical (unpaired) electrons. The van der Waals surface area contributed by atoms with Crippen molar-refractivity contribution in [3.8, 4) is 0 Å². The molecule has 1 saturated carbocycles. The van der Waals surface area contributed by atoms with E-state index >= 15 is 0 Å². The molecule has 1 spiro atoms. The first-order chi connectivity index (χ1) is 15.8. The second-order valence-corrected chi connectivity index (χ2v) is 9.18. The second kappa shape index (κ2) is 7.91. The van der Waals surface area contributed by atoms with E-state index in [-0.39, 0.29) is 29.8 Å². The molecule has 33 heavy (non-hydrogen) atoms. The number of ether oxygens (including phenoxy) is 1. The lowest BCUT2D eigenvalue weighted by Crippen LogP contribution is -2.53. The molecule has 0 bridgehead atoms. The van der Waals surface area contributed by atoms with Crippen molar-refractivity contribution in [3.05, 3.63) is 59.4 Å². The number of benzene rings is 1. The lowest BCUT2D eigenvalue weighted by molar-refractivity contribution is -0.132. The van der Waals surface area contributed by atoms with Gasteiger partial charge in [0.25, 0.3) is 11.8 Å². The lowest BCUT2D eigenvalue weighted by Gasteiger charge is -2.35. The number of aromatic amines is 1. The molecule has 1 aromatic heterocycles. The summed E-state index contributed by atoms with van der Waals surface area (Å²) in [6.07, 6.45) is 4.48. The molecule has 8 nitrogen and oxygen atoms in total. The number of allylic oxidation sites excluding steroid dienone is 2. The minimum atomic E-state index is -0.622. The van der Waals surface area contributed by atoms with E-state index < -0.39 is 5.60 Å². The normalized spacial score (nSPS) is 21.6. The SMILES string of the molecule is CC(C)/C(=C/C(=[NH2+])c1ccc(F)cc1)c1ncc(C(=O)N2CCN3C(=O)C4(CC4)O[C@H]3C2)[nH]1. The third kappa shape index (κ3) is 3.86. The van der Waals surface area contributed by atoms with Crippen molar-refractivity contribution >= 4 is 23.1 Å². The number of rotatable bonds is 5. The van der Waals surface area contributed by atoms with Crippen molar-refractivity contribution in [1.82, 2.24) is 19.8 Å². The molecular formula is C24H27FN5O3+. The zero-order valence-corrected chi connectivity index (χ0v) is 18.7. The molecule has 1 aromatic carbocycles. The first-order valence-electron chi connectivity index (χ1n) is 11.2. The van der Waals surface area contributed by atoms with Gasteiger partial charge in [-0.15, -0.1) is 0 Å². The van der Waals surface area contributed by atoms with Crippen LogP contribution in [0.3, 0.4) is 0 Å². The Morgan fingerprint density at radius 1 is 1.30 bits per heavy atom. The van der Waals surface area contributed by atoms with E-state index in [1.165, 1.54) is 18.3 Å². The molecule has 3 aliphatic rings. The molecule has 1 atom stereocenters. The van der Waals surface area contributed by atoms with Crippen LogP contribution in [0.1, 0.15) is 48.6 Å². The number of carbonyl (C=O) groups excluding carboxylic acids is 2. The number of carbonyl (C=O) groups is 2. The third-order valence-corrected chi connectivity index (χ3v) is 6.53. The topological polar surface area (TPSA) is 104 Å². The van der Waals surface area contributed by atoms with E-state index in [0.29, 0.717) is 42.4 Å². The lowest BCUT2D eigenvalue weighted by atomic mass is 9.98. The van der Waals surface area contributed by atoms with Gasteiger partial charge in [-0.1, -0.05) is 13.8 Å².